The Balaban J connectivity index is 2.05. The summed E-state index contributed by atoms with van der Waals surface area (Å²) in [4.78, 5) is 12.0. The van der Waals surface area contributed by atoms with E-state index in [1.54, 1.807) is 10.9 Å². The maximum atomic E-state index is 12.0. The molecule has 18 heavy (non-hydrogen) atoms. The molecule has 0 saturated carbocycles. The molecule has 2 rings (SSSR count). The number of nitrogens with one attached hydrogen (secondary N) is 1. The van der Waals surface area contributed by atoms with Crippen molar-refractivity contribution in [1.29, 1.82) is 0 Å². The van der Waals surface area contributed by atoms with E-state index in [-0.39, 0.29) is 11.9 Å². The van der Waals surface area contributed by atoms with Gasteiger partial charge in [-0.15, -0.1) is 0 Å². The zero-order valence-electron chi connectivity index (χ0n) is 10.8. The maximum Gasteiger partial charge on any atom is 0.251 e. The Morgan fingerprint density at radius 2 is 2.00 bits per heavy atom. The highest BCUT2D eigenvalue weighted by molar-refractivity contribution is 5.94. The summed E-state index contributed by atoms with van der Waals surface area (Å²) in [6.45, 7) is 3.95. The molecule has 1 aromatic heterocycles. The second-order valence-corrected chi connectivity index (χ2v) is 4.51. The van der Waals surface area contributed by atoms with Crippen LogP contribution >= 0.6 is 0 Å². The van der Waals surface area contributed by atoms with Crippen LogP contribution in [0.4, 0.5) is 0 Å². The number of carbonyl (C=O) groups excluding carboxylic acids is 1. The van der Waals surface area contributed by atoms with Crippen molar-refractivity contribution in [1.82, 2.24) is 15.1 Å². The van der Waals surface area contributed by atoms with Gasteiger partial charge >= 0.3 is 0 Å². The number of aromatic nitrogens is 2. The van der Waals surface area contributed by atoms with Crippen molar-refractivity contribution in [3.05, 3.63) is 53.3 Å². The van der Waals surface area contributed by atoms with Crippen LogP contribution in [0.25, 0.3) is 0 Å². The van der Waals surface area contributed by atoms with E-state index in [0.29, 0.717) is 5.56 Å². The molecular formula is C14H17N3O. The molecule has 1 atom stereocenters. The van der Waals surface area contributed by atoms with Gasteiger partial charge in [-0.1, -0.05) is 17.7 Å². The van der Waals surface area contributed by atoms with Crippen LogP contribution in [0.2, 0.25) is 0 Å². The van der Waals surface area contributed by atoms with Crippen molar-refractivity contribution in [2.24, 2.45) is 7.05 Å². The van der Waals surface area contributed by atoms with Crippen molar-refractivity contribution in [3.63, 3.8) is 0 Å². The molecule has 0 unspecified atom stereocenters. The van der Waals surface area contributed by atoms with Gasteiger partial charge in [-0.25, -0.2) is 0 Å². The van der Waals surface area contributed by atoms with Gasteiger partial charge < -0.3 is 5.32 Å². The highest BCUT2D eigenvalue weighted by atomic mass is 16.1. The number of hydrogen-bond donors (Lipinski definition) is 1. The smallest absolute Gasteiger partial charge is 0.251 e. The molecule has 2 aromatic rings. The Morgan fingerprint density at radius 1 is 1.33 bits per heavy atom. The van der Waals surface area contributed by atoms with Gasteiger partial charge in [0, 0.05) is 24.4 Å². The van der Waals surface area contributed by atoms with Crippen molar-refractivity contribution >= 4 is 5.91 Å². The van der Waals surface area contributed by atoms with E-state index in [1.165, 1.54) is 0 Å². The average molecular weight is 243 g/mol. The fraction of sp³-hybridized carbons (Fsp3) is 0.286. The summed E-state index contributed by atoms with van der Waals surface area (Å²) < 4.78 is 1.73. The van der Waals surface area contributed by atoms with E-state index in [1.807, 2.05) is 51.4 Å². The summed E-state index contributed by atoms with van der Waals surface area (Å²) in [5.74, 6) is -0.0636. The van der Waals surface area contributed by atoms with Crippen LogP contribution in [0.5, 0.6) is 0 Å². The van der Waals surface area contributed by atoms with E-state index in [0.717, 1.165) is 11.1 Å². The SMILES string of the molecule is Cc1ccc(C(=O)N[C@@H](C)c2cnn(C)c2)cc1. The molecule has 0 saturated heterocycles. The van der Waals surface area contributed by atoms with Gasteiger partial charge in [-0.3, -0.25) is 9.48 Å². The van der Waals surface area contributed by atoms with Crippen LogP contribution in [-0.4, -0.2) is 15.7 Å². The molecule has 0 aliphatic carbocycles. The number of rotatable bonds is 3. The van der Waals surface area contributed by atoms with E-state index in [2.05, 4.69) is 10.4 Å². The van der Waals surface area contributed by atoms with Gasteiger partial charge in [-0.2, -0.15) is 5.10 Å². The van der Waals surface area contributed by atoms with Gasteiger partial charge in [-0.05, 0) is 26.0 Å². The zero-order chi connectivity index (χ0) is 13.1. The van der Waals surface area contributed by atoms with Crippen molar-refractivity contribution in [3.8, 4) is 0 Å². The lowest BCUT2D eigenvalue weighted by Crippen LogP contribution is -2.26. The Hall–Kier alpha value is -2.10. The number of aryl methyl sites for hydroxylation is 2. The Labute approximate surface area is 107 Å². The van der Waals surface area contributed by atoms with E-state index >= 15 is 0 Å². The molecule has 0 aliphatic rings. The molecule has 4 nitrogen and oxygen atoms in total. The molecule has 1 amide bonds. The van der Waals surface area contributed by atoms with Crippen LogP contribution in [0.1, 0.15) is 34.5 Å². The molecule has 1 aromatic carbocycles. The summed E-state index contributed by atoms with van der Waals surface area (Å²) in [6, 6.07) is 7.49. The van der Waals surface area contributed by atoms with Crippen molar-refractivity contribution < 1.29 is 4.79 Å². The Bertz CT molecular complexity index is 542. The molecular weight excluding hydrogens is 226 g/mol. The second-order valence-electron chi connectivity index (χ2n) is 4.51. The molecule has 94 valence electrons. The fourth-order valence-electron chi connectivity index (χ4n) is 1.73. The summed E-state index contributed by atoms with van der Waals surface area (Å²) in [5, 5.41) is 7.05. The summed E-state index contributed by atoms with van der Waals surface area (Å²) in [5.41, 5.74) is 2.82. The van der Waals surface area contributed by atoms with Gasteiger partial charge in [0.25, 0.3) is 5.91 Å². The second kappa shape index (κ2) is 5.04. The molecule has 0 radical (unpaired) electrons. The van der Waals surface area contributed by atoms with Crippen LogP contribution in [0, 0.1) is 6.92 Å². The first kappa shape index (κ1) is 12.4. The van der Waals surface area contributed by atoms with E-state index < -0.39 is 0 Å². The molecule has 0 spiro atoms. The van der Waals surface area contributed by atoms with Gasteiger partial charge in [0.1, 0.15) is 0 Å². The molecule has 0 fully saturated rings. The lowest BCUT2D eigenvalue weighted by Gasteiger charge is -2.12. The number of nitrogens with zero attached hydrogens (tertiary/aromatic N) is 2. The van der Waals surface area contributed by atoms with Crippen molar-refractivity contribution in [2.75, 3.05) is 0 Å². The zero-order valence-corrected chi connectivity index (χ0v) is 10.8. The predicted molar refractivity (Wildman–Crippen MR) is 70.3 cm³/mol. The Morgan fingerprint density at radius 3 is 2.56 bits per heavy atom. The molecule has 1 N–H and O–H groups in total. The number of hydrogen-bond acceptors (Lipinski definition) is 2. The summed E-state index contributed by atoms with van der Waals surface area (Å²) in [6.07, 6.45) is 3.67. The normalized spacial score (nSPS) is 12.2. The lowest BCUT2D eigenvalue weighted by molar-refractivity contribution is 0.0940. The maximum absolute atomic E-state index is 12.0. The number of benzene rings is 1. The van der Waals surface area contributed by atoms with Gasteiger partial charge in [0.2, 0.25) is 0 Å². The van der Waals surface area contributed by atoms with Crippen LogP contribution in [0.3, 0.4) is 0 Å². The number of amides is 1. The van der Waals surface area contributed by atoms with Crippen molar-refractivity contribution in [2.45, 2.75) is 19.9 Å². The molecule has 0 bridgehead atoms. The summed E-state index contributed by atoms with van der Waals surface area (Å²) in [7, 11) is 1.86. The topological polar surface area (TPSA) is 46.9 Å². The molecule has 4 heteroatoms. The highest BCUT2D eigenvalue weighted by Gasteiger charge is 2.12. The lowest BCUT2D eigenvalue weighted by atomic mass is 10.1. The monoisotopic (exact) mass is 243 g/mol. The van der Waals surface area contributed by atoms with E-state index in [9.17, 15) is 4.79 Å². The predicted octanol–water partition coefficient (Wildman–Crippen LogP) is 2.22. The Kier molecular flexibility index (Phi) is 3.46. The largest absolute Gasteiger partial charge is 0.345 e. The highest BCUT2D eigenvalue weighted by Crippen LogP contribution is 2.12. The minimum absolute atomic E-state index is 0.0486. The standard InChI is InChI=1S/C14H17N3O/c1-10-4-6-12(7-5-10)14(18)16-11(2)13-8-15-17(3)9-13/h4-9,11H,1-3H3,(H,16,18)/t11-/m0/s1. The van der Waals surface area contributed by atoms with Crippen LogP contribution in [0.15, 0.2) is 36.7 Å². The third kappa shape index (κ3) is 2.77. The first-order valence-electron chi connectivity index (χ1n) is 5.92. The first-order chi connectivity index (χ1) is 8.56. The third-order valence-electron chi connectivity index (χ3n) is 2.89. The quantitative estimate of drug-likeness (QED) is 0.898. The van der Waals surface area contributed by atoms with Crippen LogP contribution < -0.4 is 5.32 Å². The van der Waals surface area contributed by atoms with E-state index in [4.69, 9.17) is 0 Å². The third-order valence-corrected chi connectivity index (χ3v) is 2.89. The fourth-order valence-corrected chi connectivity index (χ4v) is 1.73. The molecule has 0 aliphatic heterocycles. The minimum atomic E-state index is -0.0636. The molecule has 1 heterocycles. The van der Waals surface area contributed by atoms with Crippen LogP contribution in [-0.2, 0) is 7.05 Å². The number of carbonyl (C=O) groups is 1. The first-order valence-corrected chi connectivity index (χ1v) is 5.92. The van der Waals surface area contributed by atoms with Gasteiger partial charge in [0.05, 0.1) is 12.2 Å². The van der Waals surface area contributed by atoms with Gasteiger partial charge in [0.15, 0.2) is 0 Å². The minimum Gasteiger partial charge on any atom is -0.345 e. The summed E-state index contributed by atoms with van der Waals surface area (Å²) >= 11 is 0. The average Bonchev–Trinajstić information content (AvgIpc) is 2.76.